The molecule has 0 radical (unpaired) electrons. The van der Waals surface area contributed by atoms with Crippen molar-refractivity contribution < 1.29 is 15.0 Å². The summed E-state index contributed by atoms with van der Waals surface area (Å²) in [6.45, 7) is 1.58. The smallest absolute Gasteiger partial charge is 0.317 e. The van der Waals surface area contributed by atoms with Gasteiger partial charge in [0.05, 0.1) is 6.10 Å². The minimum atomic E-state index is -0.927. The zero-order chi connectivity index (χ0) is 11.4. The van der Waals surface area contributed by atoms with E-state index in [0.29, 0.717) is 5.16 Å². The molecular weight excluding hydrogens is 216 g/mol. The molecule has 0 saturated carbocycles. The molecule has 0 saturated heterocycles. The van der Waals surface area contributed by atoms with E-state index in [2.05, 4.69) is 4.98 Å². The van der Waals surface area contributed by atoms with Crippen LogP contribution in [0, 0.1) is 0 Å². The number of aryl methyl sites for hydroxylation is 1. The topological polar surface area (TPSA) is 75.4 Å². The number of hydrogen-bond acceptors (Lipinski definition) is 4. The average Bonchev–Trinajstić information content (AvgIpc) is 2.50. The number of rotatable bonds is 5. The Morgan fingerprint density at radius 1 is 1.73 bits per heavy atom. The number of carbonyl (C=O) groups is 1. The van der Waals surface area contributed by atoms with Crippen LogP contribution in [0.3, 0.4) is 0 Å². The summed E-state index contributed by atoms with van der Waals surface area (Å²) in [7, 11) is 1.80. The number of aliphatic hydroxyl groups is 1. The van der Waals surface area contributed by atoms with E-state index >= 15 is 0 Å². The van der Waals surface area contributed by atoms with E-state index in [0.717, 1.165) is 11.8 Å². The molecule has 2 atom stereocenters. The summed E-state index contributed by atoms with van der Waals surface area (Å²) in [5, 5.41) is 18.1. The Morgan fingerprint density at radius 2 is 2.40 bits per heavy atom. The first-order valence-electron chi connectivity index (χ1n) is 4.55. The number of thioether (sulfide) groups is 1. The van der Waals surface area contributed by atoms with Gasteiger partial charge in [0, 0.05) is 19.4 Å². The second-order valence-electron chi connectivity index (χ2n) is 3.35. The van der Waals surface area contributed by atoms with Gasteiger partial charge >= 0.3 is 5.97 Å². The molecule has 0 amide bonds. The molecule has 0 aromatic carbocycles. The number of imidazole rings is 1. The van der Waals surface area contributed by atoms with Crippen LogP contribution in [0.25, 0.3) is 0 Å². The molecule has 0 spiro atoms. The van der Waals surface area contributed by atoms with Crippen molar-refractivity contribution in [2.24, 2.45) is 7.05 Å². The second kappa shape index (κ2) is 5.18. The molecule has 1 aromatic rings. The zero-order valence-corrected chi connectivity index (χ0v) is 9.44. The molecule has 0 fully saturated rings. The highest BCUT2D eigenvalue weighted by Gasteiger charge is 2.22. The summed E-state index contributed by atoms with van der Waals surface area (Å²) < 4.78 is 1.75. The first-order valence-corrected chi connectivity index (χ1v) is 5.43. The first-order chi connectivity index (χ1) is 7.00. The zero-order valence-electron chi connectivity index (χ0n) is 8.62. The molecular formula is C9H14N2O3S. The molecule has 15 heavy (non-hydrogen) atoms. The van der Waals surface area contributed by atoms with Gasteiger partial charge in [-0.25, -0.2) is 4.98 Å². The Hall–Kier alpha value is -1.01. The lowest BCUT2D eigenvalue weighted by molar-refractivity contribution is -0.136. The number of aliphatic carboxylic acids is 1. The summed E-state index contributed by atoms with van der Waals surface area (Å²) in [5.41, 5.74) is 0. The molecule has 0 aliphatic heterocycles. The fraction of sp³-hybridized carbons (Fsp3) is 0.556. The summed E-state index contributed by atoms with van der Waals surface area (Å²) in [6, 6.07) is 0. The van der Waals surface area contributed by atoms with E-state index in [1.54, 1.807) is 30.9 Å². The monoisotopic (exact) mass is 230 g/mol. The molecule has 1 heterocycles. The van der Waals surface area contributed by atoms with Crippen LogP contribution < -0.4 is 0 Å². The van der Waals surface area contributed by atoms with Crippen LogP contribution in [0.5, 0.6) is 0 Å². The van der Waals surface area contributed by atoms with E-state index in [9.17, 15) is 4.79 Å². The van der Waals surface area contributed by atoms with Gasteiger partial charge in [-0.05, 0) is 13.3 Å². The maximum atomic E-state index is 10.9. The fourth-order valence-corrected chi connectivity index (χ4v) is 2.18. The van der Waals surface area contributed by atoms with Gasteiger partial charge in [0.25, 0.3) is 0 Å². The molecule has 1 aromatic heterocycles. The SMILES string of the molecule is C[C@H](O)C[C@@H](Sc1nccn1C)C(=O)O. The number of nitrogens with zero attached hydrogens (tertiary/aromatic N) is 2. The van der Waals surface area contributed by atoms with Crippen LogP contribution in [0.4, 0.5) is 0 Å². The summed E-state index contributed by atoms with van der Waals surface area (Å²) in [5.74, 6) is -0.927. The highest BCUT2D eigenvalue weighted by molar-refractivity contribution is 8.00. The van der Waals surface area contributed by atoms with Gasteiger partial charge in [0.15, 0.2) is 5.16 Å². The standard InChI is InChI=1S/C9H14N2O3S/c1-6(12)5-7(8(13)14)15-9-10-3-4-11(9)2/h3-4,6-7,12H,5H2,1-2H3,(H,13,14)/t6-,7+/m0/s1. The molecule has 6 heteroatoms. The molecule has 0 bridgehead atoms. The number of carboxylic acid groups (broad SMARTS) is 1. The van der Waals surface area contributed by atoms with Crippen LogP contribution in [-0.4, -0.2) is 37.1 Å². The van der Waals surface area contributed by atoms with E-state index in [1.807, 2.05) is 0 Å². The Morgan fingerprint density at radius 3 is 2.80 bits per heavy atom. The largest absolute Gasteiger partial charge is 0.480 e. The number of aromatic nitrogens is 2. The van der Waals surface area contributed by atoms with Crippen molar-refractivity contribution in [2.45, 2.75) is 29.9 Å². The van der Waals surface area contributed by atoms with E-state index < -0.39 is 17.3 Å². The number of carboxylic acids is 1. The van der Waals surface area contributed by atoms with E-state index in [1.165, 1.54) is 0 Å². The van der Waals surface area contributed by atoms with Gasteiger partial charge in [-0.15, -0.1) is 0 Å². The van der Waals surface area contributed by atoms with Gasteiger partial charge in [0.2, 0.25) is 0 Å². The van der Waals surface area contributed by atoms with Gasteiger partial charge in [0.1, 0.15) is 5.25 Å². The van der Waals surface area contributed by atoms with Gasteiger partial charge in [-0.2, -0.15) is 0 Å². The summed E-state index contributed by atoms with van der Waals surface area (Å²) in [6.07, 6.45) is 2.96. The Labute approximate surface area is 92.1 Å². The first kappa shape index (κ1) is 12.1. The number of hydrogen-bond donors (Lipinski definition) is 2. The lowest BCUT2D eigenvalue weighted by Crippen LogP contribution is -2.22. The Bertz CT molecular complexity index is 338. The minimum Gasteiger partial charge on any atom is -0.480 e. The lowest BCUT2D eigenvalue weighted by atomic mass is 10.2. The maximum Gasteiger partial charge on any atom is 0.317 e. The van der Waals surface area contributed by atoms with Crippen molar-refractivity contribution >= 4 is 17.7 Å². The third-order valence-corrected chi connectivity index (χ3v) is 3.14. The molecule has 84 valence electrons. The normalized spacial score (nSPS) is 14.9. The fourth-order valence-electron chi connectivity index (χ4n) is 1.10. The third kappa shape index (κ3) is 3.56. The van der Waals surface area contributed by atoms with Crippen LogP contribution >= 0.6 is 11.8 Å². The highest BCUT2D eigenvalue weighted by Crippen LogP contribution is 2.24. The maximum absolute atomic E-state index is 10.9. The molecule has 0 aliphatic rings. The molecule has 0 aliphatic carbocycles. The van der Waals surface area contributed by atoms with Crippen LogP contribution in [0.1, 0.15) is 13.3 Å². The minimum absolute atomic E-state index is 0.215. The lowest BCUT2D eigenvalue weighted by Gasteiger charge is -2.12. The van der Waals surface area contributed by atoms with Gasteiger partial charge < -0.3 is 14.8 Å². The summed E-state index contributed by atoms with van der Waals surface area (Å²) >= 11 is 1.15. The van der Waals surface area contributed by atoms with E-state index in [4.69, 9.17) is 10.2 Å². The van der Waals surface area contributed by atoms with Crippen LogP contribution in [0.2, 0.25) is 0 Å². The third-order valence-electron chi connectivity index (χ3n) is 1.86. The van der Waals surface area contributed by atoms with Crippen molar-refractivity contribution in [1.82, 2.24) is 9.55 Å². The van der Waals surface area contributed by atoms with Gasteiger partial charge in [-0.1, -0.05) is 11.8 Å². The quantitative estimate of drug-likeness (QED) is 0.730. The predicted octanol–water partition coefficient (Wildman–Crippen LogP) is 0.736. The highest BCUT2D eigenvalue weighted by atomic mass is 32.2. The van der Waals surface area contributed by atoms with Gasteiger partial charge in [-0.3, -0.25) is 4.79 Å². The summed E-state index contributed by atoms with van der Waals surface area (Å²) in [4.78, 5) is 14.9. The van der Waals surface area contributed by atoms with Crippen molar-refractivity contribution in [3.63, 3.8) is 0 Å². The molecule has 0 unspecified atom stereocenters. The Balaban J connectivity index is 2.67. The molecule has 1 rings (SSSR count). The average molecular weight is 230 g/mol. The van der Waals surface area contributed by atoms with E-state index in [-0.39, 0.29) is 6.42 Å². The van der Waals surface area contributed by atoms with Crippen molar-refractivity contribution in [2.75, 3.05) is 0 Å². The molecule has 2 N–H and O–H groups in total. The second-order valence-corrected chi connectivity index (χ2v) is 4.52. The van der Waals surface area contributed by atoms with Crippen LogP contribution in [-0.2, 0) is 11.8 Å². The predicted molar refractivity (Wildman–Crippen MR) is 56.8 cm³/mol. The number of aliphatic hydroxyl groups excluding tert-OH is 1. The van der Waals surface area contributed by atoms with Crippen LogP contribution in [0.15, 0.2) is 17.6 Å². The Kier molecular flexibility index (Phi) is 4.16. The van der Waals surface area contributed by atoms with Crippen molar-refractivity contribution in [1.29, 1.82) is 0 Å². The van der Waals surface area contributed by atoms with Crippen molar-refractivity contribution in [3.8, 4) is 0 Å². The molecule has 5 nitrogen and oxygen atoms in total. The van der Waals surface area contributed by atoms with Crippen molar-refractivity contribution in [3.05, 3.63) is 12.4 Å².